The van der Waals surface area contributed by atoms with E-state index in [0.29, 0.717) is 12.6 Å². The van der Waals surface area contributed by atoms with Crippen LogP contribution < -0.4 is 11.3 Å². The van der Waals surface area contributed by atoms with Crippen molar-refractivity contribution in [1.82, 2.24) is 5.43 Å². The first kappa shape index (κ1) is 10.5. The summed E-state index contributed by atoms with van der Waals surface area (Å²) in [5.41, 5.74) is 2.74. The van der Waals surface area contributed by atoms with Crippen molar-refractivity contribution < 1.29 is 9.53 Å². The van der Waals surface area contributed by atoms with Gasteiger partial charge in [0.05, 0.1) is 12.5 Å². The van der Waals surface area contributed by atoms with Crippen molar-refractivity contribution in [3.63, 3.8) is 0 Å². The molecule has 1 aliphatic carbocycles. The van der Waals surface area contributed by atoms with Gasteiger partial charge >= 0.3 is 5.97 Å². The second-order valence-electron chi connectivity index (χ2n) is 3.47. The normalized spacial score (nSPS) is 28.5. The van der Waals surface area contributed by atoms with Crippen molar-refractivity contribution in [2.24, 2.45) is 11.8 Å². The number of carbonyl (C=O) groups is 1. The van der Waals surface area contributed by atoms with Gasteiger partial charge < -0.3 is 4.74 Å². The number of carbonyl (C=O) groups excluding carboxylic acids is 1. The average molecular weight is 186 g/mol. The number of esters is 1. The van der Waals surface area contributed by atoms with Crippen LogP contribution in [0.2, 0.25) is 0 Å². The Morgan fingerprint density at radius 1 is 1.46 bits per heavy atom. The molecule has 0 aromatic carbocycles. The molecule has 76 valence electrons. The number of hydrazine groups is 1. The smallest absolute Gasteiger partial charge is 0.308 e. The van der Waals surface area contributed by atoms with Crippen LogP contribution >= 0.6 is 0 Å². The van der Waals surface area contributed by atoms with E-state index in [1.165, 1.54) is 0 Å². The van der Waals surface area contributed by atoms with Crippen LogP contribution in [0.3, 0.4) is 0 Å². The van der Waals surface area contributed by atoms with E-state index >= 15 is 0 Å². The van der Waals surface area contributed by atoms with Crippen molar-refractivity contribution in [3.8, 4) is 0 Å². The quantitative estimate of drug-likeness (QED) is 0.384. The summed E-state index contributed by atoms with van der Waals surface area (Å²) >= 11 is 0. The Labute approximate surface area is 78.8 Å². The highest BCUT2D eigenvalue weighted by molar-refractivity contribution is 5.72. The fourth-order valence-electron chi connectivity index (χ4n) is 1.76. The third kappa shape index (κ3) is 2.97. The van der Waals surface area contributed by atoms with E-state index in [9.17, 15) is 4.79 Å². The third-order valence-electron chi connectivity index (χ3n) is 2.58. The van der Waals surface area contributed by atoms with E-state index in [1.54, 1.807) is 0 Å². The number of hydrogen-bond acceptors (Lipinski definition) is 4. The summed E-state index contributed by atoms with van der Waals surface area (Å²) < 4.78 is 4.96. The second-order valence-corrected chi connectivity index (χ2v) is 3.47. The topological polar surface area (TPSA) is 64.3 Å². The molecule has 4 nitrogen and oxygen atoms in total. The minimum atomic E-state index is -0.0435. The Morgan fingerprint density at radius 2 is 2.08 bits per heavy atom. The molecule has 1 aliphatic rings. The minimum Gasteiger partial charge on any atom is -0.466 e. The molecule has 13 heavy (non-hydrogen) atoms. The van der Waals surface area contributed by atoms with Crippen LogP contribution in [0.4, 0.5) is 0 Å². The fourth-order valence-corrected chi connectivity index (χ4v) is 1.76. The van der Waals surface area contributed by atoms with Gasteiger partial charge in [0, 0.05) is 6.04 Å². The van der Waals surface area contributed by atoms with Crippen LogP contribution in [0.15, 0.2) is 0 Å². The van der Waals surface area contributed by atoms with Crippen molar-refractivity contribution in [2.75, 3.05) is 6.61 Å². The monoisotopic (exact) mass is 186 g/mol. The maximum Gasteiger partial charge on any atom is 0.308 e. The highest BCUT2D eigenvalue weighted by Crippen LogP contribution is 2.24. The molecule has 1 saturated carbocycles. The summed E-state index contributed by atoms with van der Waals surface area (Å²) in [6.07, 6.45) is 3.74. The Balaban J connectivity index is 2.28. The van der Waals surface area contributed by atoms with Crippen LogP contribution in [0.25, 0.3) is 0 Å². The van der Waals surface area contributed by atoms with Gasteiger partial charge in [-0.15, -0.1) is 0 Å². The molecule has 0 spiro atoms. The molecule has 1 fully saturated rings. The van der Waals surface area contributed by atoms with E-state index < -0.39 is 0 Å². The van der Waals surface area contributed by atoms with E-state index in [4.69, 9.17) is 10.6 Å². The summed E-state index contributed by atoms with van der Waals surface area (Å²) in [6.45, 7) is 2.32. The van der Waals surface area contributed by atoms with Crippen molar-refractivity contribution in [1.29, 1.82) is 0 Å². The van der Waals surface area contributed by atoms with Crippen molar-refractivity contribution in [2.45, 2.75) is 38.6 Å². The number of ether oxygens (including phenoxy) is 1. The standard InChI is InChI=1S/C9H18N2O2/c1-2-13-9(12)7-3-5-8(11-10)6-4-7/h7-8,11H,2-6,10H2,1H3/t7-,8+. The Hall–Kier alpha value is -0.610. The number of nitrogens with one attached hydrogen (secondary N) is 1. The molecule has 0 amide bonds. The lowest BCUT2D eigenvalue weighted by molar-refractivity contribution is -0.149. The lowest BCUT2D eigenvalue weighted by atomic mass is 9.86. The highest BCUT2D eigenvalue weighted by atomic mass is 16.5. The van der Waals surface area contributed by atoms with E-state index in [2.05, 4.69) is 5.43 Å². The molecule has 0 aromatic rings. The van der Waals surface area contributed by atoms with Crippen molar-refractivity contribution >= 4 is 5.97 Å². The van der Waals surface area contributed by atoms with Gasteiger partial charge in [0.2, 0.25) is 0 Å². The van der Waals surface area contributed by atoms with Gasteiger partial charge in [-0.25, -0.2) is 0 Å². The summed E-state index contributed by atoms with van der Waals surface area (Å²) in [5, 5.41) is 0. The Bertz CT molecular complexity index is 165. The molecule has 0 aromatic heterocycles. The molecular formula is C9H18N2O2. The molecule has 1 rings (SSSR count). The molecule has 0 heterocycles. The predicted molar refractivity (Wildman–Crippen MR) is 49.7 cm³/mol. The van der Waals surface area contributed by atoms with Crippen LogP contribution in [0.5, 0.6) is 0 Å². The Morgan fingerprint density at radius 3 is 2.54 bits per heavy atom. The third-order valence-corrected chi connectivity index (χ3v) is 2.58. The van der Waals surface area contributed by atoms with Crippen LogP contribution in [0, 0.1) is 5.92 Å². The molecule has 0 aliphatic heterocycles. The van der Waals surface area contributed by atoms with Gasteiger partial charge in [0.1, 0.15) is 0 Å². The van der Waals surface area contributed by atoms with Gasteiger partial charge in [0.25, 0.3) is 0 Å². The molecule has 0 radical (unpaired) electrons. The summed E-state index contributed by atoms with van der Waals surface area (Å²) in [7, 11) is 0. The van der Waals surface area contributed by atoms with E-state index in [0.717, 1.165) is 25.7 Å². The fraction of sp³-hybridized carbons (Fsp3) is 0.889. The first-order chi connectivity index (χ1) is 6.27. The summed E-state index contributed by atoms with van der Waals surface area (Å²) in [6, 6.07) is 0.380. The average Bonchev–Trinajstić information content (AvgIpc) is 2.18. The van der Waals surface area contributed by atoms with Crippen LogP contribution in [0.1, 0.15) is 32.6 Å². The molecular weight excluding hydrogens is 168 g/mol. The maximum atomic E-state index is 11.3. The van der Waals surface area contributed by atoms with E-state index in [-0.39, 0.29) is 11.9 Å². The van der Waals surface area contributed by atoms with Gasteiger partial charge in [-0.3, -0.25) is 16.1 Å². The maximum absolute atomic E-state index is 11.3. The largest absolute Gasteiger partial charge is 0.466 e. The van der Waals surface area contributed by atoms with Crippen molar-refractivity contribution in [3.05, 3.63) is 0 Å². The van der Waals surface area contributed by atoms with Gasteiger partial charge in [0.15, 0.2) is 0 Å². The molecule has 0 saturated heterocycles. The zero-order valence-electron chi connectivity index (χ0n) is 8.08. The lowest BCUT2D eigenvalue weighted by Crippen LogP contribution is -2.39. The van der Waals surface area contributed by atoms with Gasteiger partial charge in [-0.2, -0.15) is 0 Å². The molecule has 0 bridgehead atoms. The predicted octanol–water partition coefficient (Wildman–Crippen LogP) is 0.572. The number of hydrogen-bond donors (Lipinski definition) is 2. The lowest BCUT2D eigenvalue weighted by Gasteiger charge is -2.26. The highest BCUT2D eigenvalue weighted by Gasteiger charge is 2.26. The molecule has 3 N–H and O–H groups in total. The Kier molecular flexibility index (Phi) is 4.18. The summed E-state index contributed by atoms with van der Waals surface area (Å²) in [4.78, 5) is 11.3. The van der Waals surface area contributed by atoms with Gasteiger partial charge in [-0.1, -0.05) is 0 Å². The first-order valence-electron chi connectivity index (χ1n) is 4.90. The van der Waals surface area contributed by atoms with Gasteiger partial charge in [-0.05, 0) is 32.6 Å². The second kappa shape index (κ2) is 5.19. The van der Waals surface area contributed by atoms with E-state index in [1.807, 2.05) is 6.92 Å². The number of rotatable bonds is 3. The number of nitrogens with two attached hydrogens (primary N) is 1. The molecule has 0 atom stereocenters. The first-order valence-corrected chi connectivity index (χ1v) is 4.90. The zero-order valence-corrected chi connectivity index (χ0v) is 8.08. The SMILES string of the molecule is CCOC(=O)[C@H]1CC[C@@H](NN)CC1. The molecule has 0 unspecified atom stereocenters. The van der Waals surface area contributed by atoms with Crippen LogP contribution in [-0.4, -0.2) is 18.6 Å². The van der Waals surface area contributed by atoms with Crippen LogP contribution in [-0.2, 0) is 9.53 Å². The summed E-state index contributed by atoms with van der Waals surface area (Å²) in [5.74, 6) is 5.38. The zero-order chi connectivity index (χ0) is 9.68. The molecule has 4 heteroatoms. The minimum absolute atomic E-state index is 0.0435.